The lowest BCUT2D eigenvalue weighted by Gasteiger charge is -2.49. The maximum absolute atomic E-state index is 5.43. The summed E-state index contributed by atoms with van der Waals surface area (Å²) in [5.74, 6) is 0.919. The minimum atomic E-state index is 0.122. The molecule has 2 aromatic rings. The Hall–Kier alpha value is -1.91. The van der Waals surface area contributed by atoms with Crippen molar-refractivity contribution < 1.29 is 4.74 Å². The fraction of sp³-hybridized carbons (Fsp3) is 0.522. The van der Waals surface area contributed by atoms with Crippen molar-refractivity contribution in [2.45, 2.75) is 70.7 Å². The van der Waals surface area contributed by atoms with Crippen LogP contribution in [0.3, 0.4) is 0 Å². The van der Waals surface area contributed by atoms with Gasteiger partial charge in [0.05, 0.1) is 7.11 Å². The van der Waals surface area contributed by atoms with Gasteiger partial charge in [0.25, 0.3) is 0 Å². The Morgan fingerprint density at radius 2 is 1.63 bits per heavy atom. The highest BCUT2D eigenvalue weighted by Crippen LogP contribution is 2.33. The van der Waals surface area contributed by atoms with E-state index in [0.717, 1.165) is 31.7 Å². The predicted molar refractivity (Wildman–Crippen MR) is 111 cm³/mol. The molecule has 4 nitrogen and oxygen atoms in total. The number of pyridine rings is 1. The lowest BCUT2D eigenvalue weighted by Crippen LogP contribution is -2.62. The summed E-state index contributed by atoms with van der Waals surface area (Å²) >= 11 is 0. The van der Waals surface area contributed by atoms with Crippen LogP contribution in [0.5, 0.6) is 5.75 Å². The van der Waals surface area contributed by atoms with Crippen molar-refractivity contribution in [3.05, 3.63) is 59.9 Å². The fourth-order valence-electron chi connectivity index (χ4n) is 4.57. The topological polar surface area (TPSA) is 37.4 Å². The van der Waals surface area contributed by atoms with Crippen molar-refractivity contribution in [2.24, 2.45) is 0 Å². The largest absolute Gasteiger partial charge is 0.497 e. The van der Waals surface area contributed by atoms with Crippen LogP contribution in [-0.2, 0) is 13.1 Å². The van der Waals surface area contributed by atoms with Gasteiger partial charge in [-0.3, -0.25) is 9.88 Å². The lowest BCUT2D eigenvalue weighted by atomic mass is 9.79. The number of hydrogen-bond donors (Lipinski definition) is 1. The van der Waals surface area contributed by atoms with Crippen LogP contribution in [0.15, 0.2) is 48.8 Å². The second-order valence-corrected chi connectivity index (χ2v) is 9.07. The van der Waals surface area contributed by atoms with Gasteiger partial charge in [-0.2, -0.15) is 0 Å². The van der Waals surface area contributed by atoms with E-state index in [1.807, 2.05) is 18.5 Å². The highest BCUT2D eigenvalue weighted by molar-refractivity contribution is 5.28. The molecular weight excluding hydrogens is 334 g/mol. The minimum absolute atomic E-state index is 0.122. The molecule has 4 heteroatoms. The molecule has 0 radical (unpaired) electrons. The molecule has 146 valence electrons. The first-order chi connectivity index (χ1) is 12.8. The molecule has 27 heavy (non-hydrogen) atoms. The molecule has 0 bridgehead atoms. The zero-order chi connectivity index (χ0) is 19.5. The van der Waals surface area contributed by atoms with Crippen LogP contribution in [0.25, 0.3) is 0 Å². The van der Waals surface area contributed by atoms with E-state index >= 15 is 0 Å². The summed E-state index contributed by atoms with van der Waals surface area (Å²) in [6.07, 6.45) is 6.03. The zero-order valence-electron chi connectivity index (χ0n) is 17.3. The van der Waals surface area contributed by atoms with Crippen LogP contribution in [0, 0.1) is 0 Å². The molecule has 0 atom stereocenters. The number of ether oxygens (including phenoxy) is 1. The third-order valence-electron chi connectivity index (χ3n) is 5.34. The SMILES string of the molecule is COc1cccc(CN(Cc2ccncc2)C2CC(C)(C)NC(C)(C)C2)c1. The molecule has 1 aromatic carbocycles. The number of rotatable bonds is 6. The molecule has 1 aliphatic rings. The van der Waals surface area contributed by atoms with E-state index in [1.54, 1.807) is 7.11 Å². The second-order valence-electron chi connectivity index (χ2n) is 9.07. The average Bonchev–Trinajstić information content (AvgIpc) is 2.59. The van der Waals surface area contributed by atoms with Crippen LogP contribution in [0.4, 0.5) is 0 Å². The summed E-state index contributed by atoms with van der Waals surface area (Å²) in [4.78, 5) is 6.79. The van der Waals surface area contributed by atoms with Gasteiger partial charge in [-0.1, -0.05) is 12.1 Å². The molecular formula is C23H33N3O. The van der Waals surface area contributed by atoms with Crippen molar-refractivity contribution >= 4 is 0 Å². The maximum Gasteiger partial charge on any atom is 0.119 e. The first-order valence-corrected chi connectivity index (χ1v) is 9.82. The molecule has 0 aliphatic carbocycles. The van der Waals surface area contributed by atoms with Gasteiger partial charge < -0.3 is 10.1 Å². The molecule has 1 N–H and O–H groups in total. The Morgan fingerprint density at radius 3 is 2.26 bits per heavy atom. The van der Waals surface area contributed by atoms with Crippen molar-refractivity contribution in [1.29, 1.82) is 0 Å². The second kappa shape index (κ2) is 7.99. The van der Waals surface area contributed by atoms with Crippen LogP contribution in [-0.4, -0.2) is 34.1 Å². The van der Waals surface area contributed by atoms with E-state index in [4.69, 9.17) is 4.74 Å². The van der Waals surface area contributed by atoms with Crippen molar-refractivity contribution in [3.8, 4) is 5.75 Å². The highest BCUT2D eigenvalue weighted by Gasteiger charge is 2.39. The Balaban J connectivity index is 1.86. The summed E-state index contributed by atoms with van der Waals surface area (Å²) in [6.45, 7) is 11.1. The van der Waals surface area contributed by atoms with Crippen molar-refractivity contribution in [2.75, 3.05) is 7.11 Å². The minimum Gasteiger partial charge on any atom is -0.497 e. The van der Waals surface area contributed by atoms with Gasteiger partial charge in [-0.15, -0.1) is 0 Å². The van der Waals surface area contributed by atoms with E-state index < -0.39 is 0 Å². The summed E-state index contributed by atoms with van der Waals surface area (Å²) in [7, 11) is 1.73. The Bertz CT molecular complexity index is 726. The van der Waals surface area contributed by atoms with E-state index in [2.05, 4.69) is 73.2 Å². The molecule has 0 spiro atoms. The molecule has 2 heterocycles. The molecule has 1 saturated heterocycles. The standard InChI is InChI=1S/C23H33N3O/c1-22(2)14-20(15-23(3,4)25-22)26(16-18-9-11-24-12-10-18)17-19-7-6-8-21(13-19)27-5/h6-13,20,25H,14-17H2,1-5H3. The van der Waals surface area contributed by atoms with E-state index in [1.165, 1.54) is 11.1 Å². The highest BCUT2D eigenvalue weighted by atomic mass is 16.5. The molecule has 1 aromatic heterocycles. The third kappa shape index (κ3) is 5.53. The van der Waals surface area contributed by atoms with Gasteiger partial charge in [-0.25, -0.2) is 0 Å². The number of methoxy groups -OCH3 is 1. The van der Waals surface area contributed by atoms with E-state index in [9.17, 15) is 0 Å². The van der Waals surface area contributed by atoms with Crippen LogP contribution >= 0.6 is 0 Å². The number of piperidine rings is 1. The summed E-state index contributed by atoms with van der Waals surface area (Å²) in [5, 5.41) is 3.81. The van der Waals surface area contributed by atoms with Crippen LogP contribution in [0.1, 0.15) is 51.7 Å². The first kappa shape index (κ1) is 19.8. The van der Waals surface area contributed by atoms with Gasteiger partial charge in [0.2, 0.25) is 0 Å². The number of aromatic nitrogens is 1. The van der Waals surface area contributed by atoms with Crippen LogP contribution in [0.2, 0.25) is 0 Å². The van der Waals surface area contributed by atoms with Gasteiger partial charge >= 0.3 is 0 Å². The van der Waals surface area contributed by atoms with Gasteiger partial charge in [0, 0.05) is 42.6 Å². The number of nitrogens with one attached hydrogen (secondary N) is 1. The van der Waals surface area contributed by atoms with Crippen molar-refractivity contribution in [3.63, 3.8) is 0 Å². The summed E-state index contributed by atoms with van der Waals surface area (Å²) in [5.41, 5.74) is 2.84. The molecule has 0 saturated carbocycles. The molecule has 1 fully saturated rings. The summed E-state index contributed by atoms with van der Waals surface area (Å²) < 4.78 is 5.43. The Labute approximate surface area is 164 Å². The molecule has 0 amide bonds. The zero-order valence-corrected chi connectivity index (χ0v) is 17.3. The van der Waals surface area contributed by atoms with Gasteiger partial charge in [0.15, 0.2) is 0 Å². The summed E-state index contributed by atoms with van der Waals surface area (Å²) in [6, 6.07) is 13.2. The lowest BCUT2D eigenvalue weighted by molar-refractivity contribution is 0.0563. The number of benzene rings is 1. The Kier molecular flexibility index (Phi) is 5.87. The predicted octanol–water partition coefficient (Wildman–Crippen LogP) is 4.40. The smallest absolute Gasteiger partial charge is 0.119 e. The monoisotopic (exact) mass is 367 g/mol. The molecule has 3 rings (SSSR count). The molecule has 1 aliphatic heterocycles. The van der Waals surface area contributed by atoms with E-state index in [0.29, 0.717) is 6.04 Å². The van der Waals surface area contributed by atoms with Gasteiger partial charge in [0.1, 0.15) is 5.75 Å². The van der Waals surface area contributed by atoms with E-state index in [-0.39, 0.29) is 11.1 Å². The van der Waals surface area contributed by atoms with Crippen molar-refractivity contribution in [1.82, 2.24) is 15.2 Å². The fourth-order valence-corrected chi connectivity index (χ4v) is 4.57. The average molecular weight is 368 g/mol. The van der Waals surface area contributed by atoms with Gasteiger partial charge in [-0.05, 0) is 75.9 Å². The van der Waals surface area contributed by atoms with Crippen LogP contribution < -0.4 is 10.1 Å². The normalized spacial score (nSPS) is 19.2. The Morgan fingerprint density at radius 1 is 1.00 bits per heavy atom. The number of hydrogen-bond acceptors (Lipinski definition) is 4. The molecule has 0 unspecified atom stereocenters. The first-order valence-electron chi connectivity index (χ1n) is 9.82. The third-order valence-corrected chi connectivity index (χ3v) is 5.34. The maximum atomic E-state index is 5.43. The quantitative estimate of drug-likeness (QED) is 0.821. The number of nitrogens with zero attached hydrogens (tertiary/aromatic N) is 2.